The molecule has 8 heteroatoms. The van der Waals surface area contributed by atoms with Crippen LogP contribution in [0.25, 0.3) is 11.1 Å². The van der Waals surface area contributed by atoms with Crippen LogP contribution in [0.5, 0.6) is 0 Å². The summed E-state index contributed by atoms with van der Waals surface area (Å²) in [6.07, 6.45) is 0.226. The van der Waals surface area contributed by atoms with E-state index in [-0.39, 0.29) is 29.3 Å². The third kappa shape index (κ3) is 5.83. The average molecular weight is 466 g/mol. The van der Waals surface area contributed by atoms with Crippen LogP contribution in [-0.2, 0) is 21.4 Å². The molecule has 0 bridgehead atoms. The molecule has 1 N–H and O–H groups in total. The van der Waals surface area contributed by atoms with Crippen molar-refractivity contribution in [2.45, 2.75) is 31.7 Å². The third-order valence-corrected chi connectivity index (χ3v) is 6.58. The molecule has 1 amide bonds. The zero-order chi connectivity index (χ0) is 24.0. The number of rotatable bonds is 8. The van der Waals surface area contributed by atoms with Gasteiger partial charge in [-0.1, -0.05) is 50.2 Å². The summed E-state index contributed by atoms with van der Waals surface area (Å²) in [5, 5.41) is 9.13. The number of carbonyl (C=O) groups is 1. The highest BCUT2D eigenvalue weighted by molar-refractivity contribution is 7.89. The van der Waals surface area contributed by atoms with Gasteiger partial charge in [-0.05, 0) is 47.0 Å². The summed E-state index contributed by atoms with van der Waals surface area (Å²) in [4.78, 5) is 14.2. The number of nitrogens with one attached hydrogen (secondary N) is 1. The van der Waals surface area contributed by atoms with Gasteiger partial charge in [-0.25, -0.2) is 17.5 Å². The maximum atomic E-state index is 14.0. The monoisotopic (exact) mass is 465 g/mol. The molecule has 6 nitrogen and oxygen atoms in total. The Balaban J connectivity index is 1.88. The summed E-state index contributed by atoms with van der Waals surface area (Å²) >= 11 is 0. The van der Waals surface area contributed by atoms with E-state index in [0.29, 0.717) is 12.2 Å². The summed E-state index contributed by atoms with van der Waals surface area (Å²) in [6.45, 7) is 3.94. The highest BCUT2D eigenvalue weighted by atomic mass is 32.2. The molecule has 170 valence electrons. The number of carbonyl (C=O) groups excluding carboxylic acids is 1. The van der Waals surface area contributed by atoms with Crippen LogP contribution < -0.4 is 9.62 Å². The van der Waals surface area contributed by atoms with E-state index >= 15 is 0 Å². The van der Waals surface area contributed by atoms with Crippen molar-refractivity contribution in [3.8, 4) is 17.2 Å². The normalized spacial score (nSPS) is 11.1. The molecular weight excluding hydrogens is 441 g/mol. The molecule has 0 unspecified atom stereocenters. The number of hydrogen-bond donors (Lipinski definition) is 1. The second kappa shape index (κ2) is 10.4. The largest absolute Gasteiger partial charge is 0.308 e. The van der Waals surface area contributed by atoms with Gasteiger partial charge in [0.05, 0.1) is 23.1 Å². The molecule has 33 heavy (non-hydrogen) atoms. The molecule has 0 heterocycles. The predicted octanol–water partition coefficient (Wildman–Crippen LogP) is 4.61. The van der Waals surface area contributed by atoms with E-state index in [4.69, 9.17) is 5.26 Å². The Labute approximate surface area is 193 Å². The maximum absolute atomic E-state index is 14.0. The minimum Gasteiger partial charge on any atom is -0.308 e. The molecular formula is C25H24FN3O3S. The number of nitrogens with zero attached hydrogens (tertiary/aromatic N) is 2. The van der Waals surface area contributed by atoms with Crippen molar-refractivity contribution in [3.05, 3.63) is 83.7 Å². The maximum Gasteiger partial charge on any atom is 0.240 e. The molecule has 0 radical (unpaired) electrons. The lowest BCUT2D eigenvalue weighted by atomic mass is 10.0. The van der Waals surface area contributed by atoms with Crippen LogP contribution in [0, 0.1) is 17.1 Å². The number of hydrogen-bond acceptors (Lipinski definition) is 4. The van der Waals surface area contributed by atoms with Crippen LogP contribution in [0.15, 0.2) is 71.6 Å². The van der Waals surface area contributed by atoms with Gasteiger partial charge in [0.2, 0.25) is 15.9 Å². The van der Waals surface area contributed by atoms with Crippen LogP contribution in [0.3, 0.4) is 0 Å². The van der Waals surface area contributed by atoms with E-state index in [9.17, 15) is 17.6 Å². The molecule has 0 aliphatic carbocycles. The number of amides is 1. The van der Waals surface area contributed by atoms with Crippen molar-refractivity contribution in [2.75, 3.05) is 11.4 Å². The highest BCUT2D eigenvalue weighted by Gasteiger charge is 2.17. The van der Waals surface area contributed by atoms with Crippen molar-refractivity contribution < 1.29 is 17.6 Å². The van der Waals surface area contributed by atoms with E-state index in [2.05, 4.69) is 4.72 Å². The predicted molar refractivity (Wildman–Crippen MR) is 125 cm³/mol. The second-order valence-electron chi connectivity index (χ2n) is 7.37. The molecule has 0 fully saturated rings. The molecule has 0 aliphatic heterocycles. The van der Waals surface area contributed by atoms with Crippen molar-refractivity contribution >= 4 is 21.6 Å². The van der Waals surface area contributed by atoms with Gasteiger partial charge in [-0.15, -0.1) is 0 Å². The van der Waals surface area contributed by atoms with Crippen molar-refractivity contribution in [2.24, 2.45) is 0 Å². The number of sulfonamides is 1. The van der Waals surface area contributed by atoms with Crippen LogP contribution in [-0.4, -0.2) is 20.9 Å². The van der Waals surface area contributed by atoms with E-state index in [1.807, 2.05) is 36.4 Å². The molecule has 0 saturated carbocycles. The third-order valence-electron chi connectivity index (χ3n) is 5.03. The Morgan fingerprint density at radius 1 is 1.03 bits per heavy atom. The first-order chi connectivity index (χ1) is 15.8. The van der Waals surface area contributed by atoms with Gasteiger partial charge in [0, 0.05) is 18.7 Å². The minimum atomic E-state index is -3.57. The fourth-order valence-corrected chi connectivity index (χ4v) is 4.50. The molecule has 0 atom stereocenters. The fourth-order valence-electron chi connectivity index (χ4n) is 3.41. The van der Waals surface area contributed by atoms with Gasteiger partial charge in [0.15, 0.2) is 0 Å². The van der Waals surface area contributed by atoms with Crippen LogP contribution in [0.1, 0.15) is 31.4 Å². The zero-order valence-electron chi connectivity index (χ0n) is 18.4. The quantitative estimate of drug-likeness (QED) is 0.526. The van der Waals surface area contributed by atoms with Crippen LogP contribution in [0.4, 0.5) is 10.1 Å². The first-order valence-electron chi connectivity index (χ1n) is 10.5. The van der Waals surface area contributed by atoms with Crippen LogP contribution >= 0.6 is 0 Å². The Morgan fingerprint density at radius 2 is 1.76 bits per heavy atom. The summed E-state index contributed by atoms with van der Waals surface area (Å²) < 4.78 is 41.0. The zero-order valence-corrected chi connectivity index (χ0v) is 19.2. The van der Waals surface area contributed by atoms with E-state index in [0.717, 1.165) is 22.8 Å². The van der Waals surface area contributed by atoms with Crippen molar-refractivity contribution in [3.63, 3.8) is 0 Å². The van der Waals surface area contributed by atoms with Crippen molar-refractivity contribution in [1.82, 2.24) is 4.72 Å². The molecule has 3 aromatic carbocycles. The van der Waals surface area contributed by atoms with Gasteiger partial charge in [0.25, 0.3) is 0 Å². The summed E-state index contributed by atoms with van der Waals surface area (Å²) in [5.41, 5.74) is 2.83. The number of benzene rings is 3. The smallest absolute Gasteiger partial charge is 0.240 e. The summed E-state index contributed by atoms with van der Waals surface area (Å²) in [5.74, 6) is -0.782. The van der Waals surface area contributed by atoms with Gasteiger partial charge in [-0.3, -0.25) is 4.79 Å². The molecule has 3 aromatic rings. The first-order valence-corrected chi connectivity index (χ1v) is 12.0. The summed E-state index contributed by atoms with van der Waals surface area (Å²) in [7, 11) is -3.57. The summed E-state index contributed by atoms with van der Waals surface area (Å²) in [6, 6.07) is 19.8. The van der Waals surface area contributed by atoms with Gasteiger partial charge >= 0.3 is 0 Å². The Bertz CT molecular complexity index is 1300. The lowest BCUT2D eigenvalue weighted by Crippen LogP contribution is -2.29. The molecule has 0 aliphatic rings. The van der Waals surface area contributed by atoms with E-state index in [1.165, 1.54) is 17.0 Å². The SMILES string of the molecule is CCNS(=O)(=O)c1cccc(-c2ccc(CN(C(=O)CC)c3cc(F)cc(C#N)c3)cc2)c1. The van der Waals surface area contributed by atoms with Gasteiger partial charge in [0.1, 0.15) is 5.82 Å². The highest BCUT2D eigenvalue weighted by Crippen LogP contribution is 2.25. The van der Waals surface area contributed by atoms with Crippen molar-refractivity contribution in [1.29, 1.82) is 5.26 Å². The molecule has 0 saturated heterocycles. The van der Waals surface area contributed by atoms with E-state index < -0.39 is 15.8 Å². The molecule has 0 spiro atoms. The van der Waals surface area contributed by atoms with Gasteiger partial charge in [-0.2, -0.15) is 5.26 Å². The molecule has 0 aromatic heterocycles. The minimum absolute atomic E-state index is 0.140. The lowest BCUT2D eigenvalue weighted by molar-refractivity contribution is -0.118. The van der Waals surface area contributed by atoms with Gasteiger partial charge < -0.3 is 4.90 Å². The number of halogens is 1. The fraction of sp³-hybridized carbons (Fsp3) is 0.200. The second-order valence-corrected chi connectivity index (χ2v) is 9.14. The topological polar surface area (TPSA) is 90.3 Å². The standard InChI is InChI=1S/C25H24FN3O3S/c1-3-25(30)29(23-13-19(16-27)12-22(26)15-23)17-18-8-10-20(11-9-18)21-6-5-7-24(14-21)33(31,32)28-4-2/h5-15,28H,3-4,17H2,1-2H3. The number of anilines is 1. The molecule has 3 rings (SSSR count). The lowest BCUT2D eigenvalue weighted by Gasteiger charge is -2.23. The average Bonchev–Trinajstić information content (AvgIpc) is 2.82. The van der Waals surface area contributed by atoms with Crippen LogP contribution in [0.2, 0.25) is 0 Å². The van der Waals surface area contributed by atoms with E-state index in [1.54, 1.807) is 32.0 Å². The Hall–Kier alpha value is -3.54. The first kappa shape index (κ1) is 24.1. The number of nitriles is 1. The Morgan fingerprint density at radius 3 is 2.39 bits per heavy atom. The Kier molecular flexibility index (Phi) is 7.59.